The van der Waals surface area contributed by atoms with Crippen LogP contribution >= 0.6 is 0 Å². The van der Waals surface area contributed by atoms with E-state index in [0.29, 0.717) is 24.5 Å². The number of para-hydroxylation sites is 1. The minimum atomic E-state index is -0.389. The Hall–Kier alpha value is -3.72. The highest BCUT2D eigenvalue weighted by Gasteiger charge is 2.16. The lowest BCUT2D eigenvalue weighted by atomic mass is 10.0. The predicted octanol–water partition coefficient (Wildman–Crippen LogP) is 3.47. The number of ether oxygens (including phenoxy) is 2. The monoisotopic (exact) mass is 373 g/mol. The lowest BCUT2D eigenvalue weighted by molar-refractivity contribution is -0.117. The van der Waals surface area contributed by atoms with Gasteiger partial charge in [-0.1, -0.05) is 18.2 Å². The summed E-state index contributed by atoms with van der Waals surface area (Å²) in [6.07, 6.45) is 4.21. The van der Waals surface area contributed by atoms with Crippen LogP contribution in [0, 0.1) is 18.3 Å². The molecular formula is C22H19N3O3. The molecule has 1 aliphatic rings. The summed E-state index contributed by atoms with van der Waals surface area (Å²) in [7, 11) is 0. The number of H-pyrrole nitrogens is 1. The number of aromatic amines is 1. The average Bonchev–Trinajstić information content (AvgIpc) is 3.32. The van der Waals surface area contributed by atoms with E-state index in [4.69, 9.17) is 9.47 Å². The number of fused-ring (bicyclic) bond motifs is 2. The second kappa shape index (κ2) is 7.49. The molecule has 0 aliphatic carbocycles. The van der Waals surface area contributed by atoms with Gasteiger partial charge in [0.1, 0.15) is 11.6 Å². The van der Waals surface area contributed by atoms with E-state index in [-0.39, 0.29) is 18.3 Å². The molecule has 0 radical (unpaired) electrons. The number of aryl methyl sites for hydroxylation is 1. The van der Waals surface area contributed by atoms with Crippen molar-refractivity contribution in [2.24, 2.45) is 0 Å². The number of amides is 1. The smallest absolute Gasteiger partial charge is 0.261 e. The molecule has 0 atom stereocenters. The number of carbonyl (C=O) groups excluding carboxylic acids is 1. The molecule has 0 spiro atoms. The zero-order valence-electron chi connectivity index (χ0n) is 15.4. The molecule has 140 valence electrons. The van der Waals surface area contributed by atoms with E-state index in [0.717, 1.165) is 27.6 Å². The van der Waals surface area contributed by atoms with Crippen molar-refractivity contribution in [2.45, 2.75) is 13.3 Å². The van der Waals surface area contributed by atoms with E-state index in [1.54, 1.807) is 12.1 Å². The fourth-order valence-electron chi connectivity index (χ4n) is 3.26. The first kappa shape index (κ1) is 17.7. The van der Waals surface area contributed by atoms with Gasteiger partial charge in [-0.05, 0) is 54.3 Å². The number of nitrogens with one attached hydrogen (secondary N) is 2. The summed E-state index contributed by atoms with van der Waals surface area (Å²) in [6, 6.07) is 13.7. The molecule has 0 fully saturated rings. The molecule has 6 heteroatoms. The molecule has 3 aromatic rings. The first-order valence-electron chi connectivity index (χ1n) is 9.01. The van der Waals surface area contributed by atoms with Crippen LogP contribution in [0.4, 0.5) is 0 Å². The molecule has 0 saturated heterocycles. The first-order valence-corrected chi connectivity index (χ1v) is 9.01. The molecule has 0 unspecified atom stereocenters. The highest BCUT2D eigenvalue weighted by atomic mass is 16.7. The van der Waals surface area contributed by atoms with Gasteiger partial charge in [0.25, 0.3) is 5.91 Å². The number of hydrogen-bond donors (Lipinski definition) is 2. The van der Waals surface area contributed by atoms with Crippen molar-refractivity contribution >= 4 is 22.9 Å². The summed E-state index contributed by atoms with van der Waals surface area (Å²) < 4.78 is 10.7. The largest absolute Gasteiger partial charge is 0.454 e. The van der Waals surface area contributed by atoms with Crippen LogP contribution in [0.25, 0.3) is 17.0 Å². The standard InChI is InChI=1S/C22H19N3O3/c1-14-8-20-21(28-13-27-20)10-16(14)9-17(11-23)22(26)24-7-6-15-12-25-19-5-3-2-4-18(15)19/h2-5,8-10,12,25H,6-7,13H2,1H3,(H,24,26)/b17-9-. The van der Waals surface area contributed by atoms with Gasteiger partial charge in [-0.3, -0.25) is 4.79 Å². The normalized spacial score (nSPS) is 12.8. The number of benzene rings is 2. The highest BCUT2D eigenvalue weighted by Crippen LogP contribution is 2.35. The van der Waals surface area contributed by atoms with Crippen LogP contribution in [0.15, 0.2) is 48.2 Å². The second-order valence-electron chi connectivity index (χ2n) is 6.60. The van der Waals surface area contributed by atoms with Crippen molar-refractivity contribution in [1.82, 2.24) is 10.3 Å². The molecule has 1 aromatic heterocycles. The van der Waals surface area contributed by atoms with Gasteiger partial charge in [-0.2, -0.15) is 5.26 Å². The zero-order valence-corrected chi connectivity index (χ0v) is 15.4. The van der Waals surface area contributed by atoms with E-state index in [9.17, 15) is 10.1 Å². The number of nitrogens with zero attached hydrogens (tertiary/aromatic N) is 1. The average molecular weight is 373 g/mol. The maximum atomic E-state index is 12.5. The molecule has 1 amide bonds. The Bertz CT molecular complexity index is 1120. The summed E-state index contributed by atoms with van der Waals surface area (Å²) in [5.74, 6) is 0.907. The lowest BCUT2D eigenvalue weighted by Crippen LogP contribution is -2.26. The third kappa shape index (κ3) is 3.42. The fraction of sp³-hybridized carbons (Fsp3) is 0.182. The van der Waals surface area contributed by atoms with Crippen molar-refractivity contribution in [3.8, 4) is 17.6 Å². The summed E-state index contributed by atoms with van der Waals surface area (Å²) >= 11 is 0. The van der Waals surface area contributed by atoms with Gasteiger partial charge < -0.3 is 19.8 Å². The van der Waals surface area contributed by atoms with Crippen molar-refractivity contribution in [3.05, 3.63) is 64.9 Å². The molecular weight excluding hydrogens is 354 g/mol. The topological polar surface area (TPSA) is 87.1 Å². The van der Waals surface area contributed by atoms with Gasteiger partial charge in [-0.25, -0.2) is 0 Å². The van der Waals surface area contributed by atoms with Crippen LogP contribution < -0.4 is 14.8 Å². The Balaban J connectivity index is 1.44. The summed E-state index contributed by atoms with van der Waals surface area (Å²) in [5, 5.41) is 13.4. The number of carbonyl (C=O) groups is 1. The van der Waals surface area contributed by atoms with Crippen LogP contribution in [-0.4, -0.2) is 24.2 Å². The third-order valence-electron chi connectivity index (χ3n) is 4.78. The molecule has 2 N–H and O–H groups in total. The van der Waals surface area contributed by atoms with Crippen LogP contribution in [0.3, 0.4) is 0 Å². The molecule has 4 rings (SSSR count). The van der Waals surface area contributed by atoms with Crippen molar-refractivity contribution in [2.75, 3.05) is 13.3 Å². The molecule has 2 heterocycles. The molecule has 0 bridgehead atoms. The van der Waals surface area contributed by atoms with E-state index in [1.807, 2.05) is 49.5 Å². The Morgan fingerprint density at radius 1 is 1.29 bits per heavy atom. The van der Waals surface area contributed by atoms with Crippen LogP contribution in [0.2, 0.25) is 0 Å². The molecule has 1 aliphatic heterocycles. The molecule has 0 saturated carbocycles. The van der Waals surface area contributed by atoms with Gasteiger partial charge in [0.05, 0.1) is 0 Å². The SMILES string of the molecule is Cc1cc2c(cc1/C=C(/C#N)C(=O)NCCc1c[nH]c3ccccc13)OCO2. The Morgan fingerprint density at radius 2 is 2.07 bits per heavy atom. The van der Waals surface area contributed by atoms with E-state index >= 15 is 0 Å². The summed E-state index contributed by atoms with van der Waals surface area (Å²) in [6.45, 7) is 2.53. The minimum Gasteiger partial charge on any atom is -0.454 e. The predicted molar refractivity (Wildman–Crippen MR) is 106 cm³/mol. The van der Waals surface area contributed by atoms with Crippen LogP contribution in [0.1, 0.15) is 16.7 Å². The lowest BCUT2D eigenvalue weighted by Gasteiger charge is -2.06. The number of aromatic nitrogens is 1. The van der Waals surface area contributed by atoms with E-state index in [1.165, 1.54) is 0 Å². The minimum absolute atomic E-state index is 0.0564. The number of nitriles is 1. The fourth-order valence-corrected chi connectivity index (χ4v) is 3.26. The Labute approximate surface area is 162 Å². The first-order chi connectivity index (χ1) is 13.7. The van der Waals surface area contributed by atoms with E-state index < -0.39 is 0 Å². The summed E-state index contributed by atoms with van der Waals surface area (Å²) in [4.78, 5) is 15.7. The van der Waals surface area contributed by atoms with Gasteiger partial charge in [0.2, 0.25) is 6.79 Å². The number of hydrogen-bond acceptors (Lipinski definition) is 4. The quantitative estimate of drug-likeness (QED) is 0.530. The Kier molecular flexibility index (Phi) is 4.73. The van der Waals surface area contributed by atoms with Gasteiger partial charge in [-0.15, -0.1) is 0 Å². The summed E-state index contributed by atoms with van der Waals surface area (Å²) in [5.41, 5.74) is 3.92. The zero-order chi connectivity index (χ0) is 19.5. The van der Waals surface area contributed by atoms with E-state index in [2.05, 4.69) is 10.3 Å². The maximum Gasteiger partial charge on any atom is 0.261 e. The van der Waals surface area contributed by atoms with Gasteiger partial charge in [0.15, 0.2) is 11.5 Å². The molecule has 28 heavy (non-hydrogen) atoms. The van der Waals surface area contributed by atoms with Crippen molar-refractivity contribution in [1.29, 1.82) is 5.26 Å². The maximum absolute atomic E-state index is 12.5. The van der Waals surface area contributed by atoms with Crippen LogP contribution in [-0.2, 0) is 11.2 Å². The van der Waals surface area contributed by atoms with Gasteiger partial charge in [0, 0.05) is 23.6 Å². The third-order valence-corrected chi connectivity index (χ3v) is 4.78. The molecule has 2 aromatic carbocycles. The Morgan fingerprint density at radius 3 is 2.89 bits per heavy atom. The van der Waals surface area contributed by atoms with Crippen LogP contribution in [0.5, 0.6) is 11.5 Å². The van der Waals surface area contributed by atoms with Crippen molar-refractivity contribution < 1.29 is 14.3 Å². The molecule has 6 nitrogen and oxygen atoms in total. The van der Waals surface area contributed by atoms with Crippen molar-refractivity contribution in [3.63, 3.8) is 0 Å². The number of rotatable bonds is 5. The highest BCUT2D eigenvalue weighted by molar-refractivity contribution is 6.02. The van der Waals surface area contributed by atoms with Gasteiger partial charge >= 0.3 is 0 Å². The second-order valence-corrected chi connectivity index (χ2v) is 6.60.